The minimum absolute atomic E-state index is 0.216. The lowest BCUT2D eigenvalue weighted by atomic mass is 10.1. The molecule has 5 heteroatoms. The van der Waals surface area contributed by atoms with Crippen LogP contribution in [0.2, 0.25) is 0 Å². The third-order valence-electron chi connectivity index (χ3n) is 4.59. The molecule has 2 fully saturated rings. The maximum atomic E-state index is 12.2. The van der Waals surface area contributed by atoms with Gasteiger partial charge in [-0.3, -0.25) is 4.79 Å². The van der Waals surface area contributed by atoms with Crippen molar-refractivity contribution in [2.24, 2.45) is 0 Å². The van der Waals surface area contributed by atoms with Gasteiger partial charge in [0.05, 0.1) is 0 Å². The van der Waals surface area contributed by atoms with Crippen LogP contribution in [0, 0.1) is 0 Å². The number of nitrogens with zero attached hydrogens (tertiary/aromatic N) is 2. The predicted molar refractivity (Wildman–Crippen MR) is 88.9 cm³/mol. The summed E-state index contributed by atoms with van der Waals surface area (Å²) in [5, 5.41) is 6.75. The van der Waals surface area contributed by atoms with Gasteiger partial charge in [0, 0.05) is 36.4 Å². The van der Waals surface area contributed by atoms with E-state index in [1.54, 1.807) is 6.07 Å². The van der Waals surface area contributed by atoms with Crippen LogP contribution in [0.15, 0.2) is 34.9 Å². The molecule has 1 N–H and O–H groups in total. The van der Waals surface area contributed by atoms with Crippen LogP contribution in [-0.2, 0) is 0 Å². The topological polar surface area (TPSA) is 58.4 Å². The highest BCUT2D eigenvalue weighted by Gasteiger charge is 2.28. The number of hydrogen-bond donors (Lipinski definition) is 1. The van der Waals surface area contributed by atoms with Crippen molar-refractivity contribution in [1.82, 2.24) is 5.16 Å². The molecule has 23 heavy (non-hydrogen) atoms. The highest BCUT2D eigenvalue weighted by Crippen LogP contribution is 2.40. The highest BCUT2D eigenvalue weighted by atomic mass is 16.5. The highest BCUT2D eigenvalue weighted by molar-refractivity contribution is 6.02. The fourth-order valence-electron chi connectivity index (χ4n) is 3.06. The number of rotatable bonds is 4. The molecule has 0 unspecified atom stereocenters. The summed E-state index contributed by atoms with van der Waals surface area (Å²) in [4.78, 5) is 14.6. The molecule has 4 rings (SSSR count). The van der Waals surface area contributed by atoms with Crippen LogP contribution in [0.3, 0.4) is 0 Å². The van der Waals surface area contributed by atoms with Gasteiger partial charge in [0.1, 0.15) is 5.76 Å². The lowest BCUT2D eigenvalue weighted by Gasteiger charge is -2.28. The molecule has 0 bridgehead atoms. The van der Waals surface area contributed by atoms with E-state index < -0.39 is 0 Å². The smallest absolute Gasteiger partial charge is 0.277 e. The number of piperidine rings is 1. The molecular weight excluding hydrogens is 290 g/mol. The van der Waals surface area contributed by atoms with Crippen molar-refractivity contribution in [3.63, 3.8) is 0 Å². The van der Waals surface area contributed by atoms with Gasteiger partial charge in [-0.25, -0.2) is 0 Å². The molecule has 1 aromatic carbocycles. The summed E-state index contributed by atoms with van der Waals surface area (Å²) in [6.07, 6.45) is 6.11. The standard InChI is InChI=1S/C18H21N3O2/c22-18(16-12-17(23-20-16)13-4-5-13)19-14-6-8-15(9-7-14)21-10-2-1-3-11-21/h6-9,12-13H,1-5,10-11H2,(H,19,22). The number of amides is 1. The number of carbonyl (C=O) groups is 1. The fraction of sp³-hybridized carbons (Fsp3) is 0.444. The van der Waals surface area contributed by atoms with Crippen LogP contribution in [0.25, 0.3) is 0 Å². The second-order valence-corrected chi connectivity index (χ2v) is 6.44. The van der Waals surface area contributed by atoms with Gasteiger partial charge in [-0.1, -0.05) is 5.16 Å². The molecule has 0 spiro atoms. The number of aromatic nitrogens is 1. The third-order valence-corrected chi connectivity index (χ3v) is 4.59. The van der Waals surface area contributed by atoms with E-state index in [-0.39, 0.29) is 5.91 Å². The third kappa shape index (κ3) is 3.23. The summed E-state index contributed by atoms with van der Waals surface area (Å²) in [5.74, 6) is 1.08. The van der Waals surface area contributed by atoms with Crippen molar-refractivity contribution < 1.29 is 9.32 Å². The Hall–Kier alpha value is -2.30. The second kappa shape index (κ2) is 6.07. The summed E-state index contributed by atoms with van der Waals surface area (Å²) in [5.41, 5.74) is 2.36. The Kier molecular flexibility index (Phi) is 3.77. The first-order chi connectivity index (χ1) is 11.3. The van der Waals surface area contributed by atoms with E-state index in [0.717, 1.165) is 37.4 Å². The van der Waals surface area contributed by atoms with Crippen molar-refractivity contribution in [2.75, 3.05) is 23.3 Å². The first kappa shape index (κ1) is 14.3. The summed E-state index contributed by atoms with van der Waals surface area (Å²) in [6, 6.07) is 9.79. The molecule has 1 aliphatic heterocycles. The molecule has 1 aromatic heterocycles. The van der Waals surface area contributed by atoms with Gasteiger partial charge in [0.2, 0.25) is 0 Å². The van der Waals surface area contributed by atoms with Crippen LogP contribution in [0.1, 0.15) is 54.3 Å². The largest absolute Gasteiger partial charge is 0.372 e. The number of carbonyl (C=O) groups excluding carboxylic acids is 1. The van der Waals surface area contributed by atoms with Gasteiger partial charge < -0.3 is 14.7 Å². The van der Waals surface area contributed by atoms with Crippen LogP contribution >= 0.6 is 0 Å². The Bertz CT molecular complexity index is 683. The SMILES string of the molecule is O=C(Nc1ccc(N2CCCCC2)cc1)c1cc(C2CC2)on1. The zero-order valence-corrected chi connectivity index (χ0v) is 13.1. The minimum atomic E-state index is -0.216. The summed E-state index contributed by atoms with van der Waals surface area (Å²) in [6.45, 7) is 2.24. The molecular formula is C18H21N3O2. The Morgan fingerprint density at radius 1 is 1.13 bits per heavy atom. The Balaban J connectivity index is 1.40. The predicted octanol–water partition coefficient (Wildman–Crippen LogP) is 3.79. The number of benzene rings is 1. The molecule has 120 valence electrons. The monoisotopic (exact) mass is 311 g/mol. The average molecular weight is 311 g/mol. The van der Waals surface area contributed by atoms with E-state index in [1.807, 2.05) is 12.1 Å². The quantitative estimate of drug-likeness (QED) is 0.933. The van der Waals surface area contributed by atoms with Crippen molar-refractivity contribution in [3.8, 4) is 0 Å². The van der Waals surface area contributed by atoms with E-state index in [4.69, 9.17) is 4.52 Å². The van der Waals surface area contributed by atoms with E-state index in [2.05, 4.69) is 27.5 Å². The van der Waals surface area contributed by atoms with Gasteiger partial charge >= 0.3 is 0 Å². The second-order valence-electron chi connectivity index (χ2n) is 6.44. The zero-order chi connectivity index (χ0) is 15.6. The molecule has 0 radical (unpaired) electrons. The normalized spacial score (nSPS) is 18.0. The van der Waals surface area contributed by atoms with E-state index >= 15 is 0 Å². The van der Waals surface area contributed by atoms with Crippen molar-refractivity contribution in [1.29, 1.82) is 0 Å². The lowest BCUT2D eigenvalue weighted by molar-refractivity contribution is 0.101. The molecule has 5 nitrogen and oxygen atoms in total. The molecule has 0 atom stereocenters. The van der Waals surface area contributed by atoms with E-state index in [0.29, 0.717) is 11.6 Å². The number of nitrogens with one attached hydrogen (secondary N) is 1. The zero-order valence-electron chi connectivity index (χ0n) is 13.1. The van der Waals surface area contributed by atoms with Gasteiger partial charge in [-0.2, -0.15) is 0 Å². The summed E-state index contributed by atoms with van der Waals surface area (Å²) < 4.78 is 5.23. The van der Waals surface area contributed by atoms with Crippen LogP contribution in [0.5, 0.6) is 0 Å². The lowest BCUT2D eigenvalue weighted by Crippen LogP contribution is -2.29. The van der Waals surface area contributed by atoms with Crippen molar-refractivity contribution >= 4 is 17.3 Å². The van der Waals surface area contributed by atoms with Crippen LogP contribution < -0.4 is 10.2 Å². The van der Waals surface area contributed by atoms with E-state index in [9.17, 15) is 4.79 Å². The van der Waals surface area contributed by atoms with Crippen LogP contribution in [0.4, 0.5) is 11.4 Å². The maximum Gasteiger partial charge on any atom is 0.277 e. The van der Waals surface area contributed by atoms with Crippen molar-refractivity contribution in [2.45, 2.75) is 38.0 Å². The fourth-order valence-corrected chi connectivity index (χ4v) is 3.06. The maximum absolute atomic E-state index is 12.2. The van der Waals surface area contributed by atoms with Crippen LogP contribution in [-0.4, -0.2) is 24.2 Å². The molecule has 1 saturated carbocycles. The molecule has 1 amide bonds. The molecule has 2 aromatic rings. The first-order valence-corrected chi connectivity index (χ1v) is 8.42. The molecule has 2 heterocycles. The van der Waals surface area contributed by atoms with Gasteiger partial charge in [-0.05, 0) is 56.4 Å². The van der Waals surface area contributed by atoms with Gasteiger partial charge in [0.25, 0.3) is 5.91 Å². The summed E-state index contributed by atoms with van der Waals surface area (Å²) >= 11 is 0. The van der Waals surface area contributed by atoms with Crippen molar-refractivity contribution in [3.05, 3.63) is 41.8 Å². The number of hydrogen-bond acceptors (Lipinski definition) is 4. The Morgan fingerprint density at radius 2 is 1.87 bits per heavy atom. The molecule has 1 aliphatic carbocycles. The van der Waals surface area contributed by atoms with E-state index in [1.165, 1.54) is 24.9 Å². The molecule has 1 saturated heterocycles. The first-order valence-electron chi connectivity index (χ1n) is 8.42. The average Bonchev–Trinajstić information content (AvgIpc) is 3.33. The van der Waals surface area contributed by atoms with Gasteiger partial charge in [0.15, 0.2) is 5.69 Å². The van der Waals surface area contributed by atoms with Gasteiger partial charge in [-0.15, -0.1) is 0 Å². The Morgan fingerprint density at radius 3 is 2.57 bits per heavy atom. The Labute approximate surface area is 135 Å². The minimum Gasteiger partial charge on any atom is -0.372 e. The molecule has 2 aliphatic rings. The summed E-state index contributed by atoms with van der Waals surface area (Å²) in [7, 11) is 0. The number of anilines is 2.